The Labute approximate surface area is 218 Å². The summed E-state index contributed by atoms with van der Waals surface area (Å²) in [6.45, 7) is 5.44. The Morgan fingerprint density at radius 2 is 2.00 bits per heavy atom. The van der Waals surface area contributed by atoms with E-state index in [4.69, 9.17) is 0 Å². The second-order valence-corrected chi connectivity index (χ2v) is 10.5. The summed E-state index contributed by atoms with van der Waals surface area (Å²) in [4.78, 5) is 18.7. The lowest BCUT2D eigenvalue weighted by molar-refractivity contribution is -0.140. The molecule has 38 heavy (non-hydrogen) atoms. The number of benzene rings is 1. The number of rotatable bonds is 5. The molecule has 1 amide bonds. The van der Waals surface area contributed by atoms with Gasteiger partial charge >= 0.3 is 6.18 Å². The Morgan fingerprint density at radius 3 is 2.66 bits per heavy atom. The summed E-state index contributed by atoms with van der Waals surface area (Å²) in [5.41, 5.74) is 1.03. The number of nitrogens with one attached hydrogen (secondary N) is 2. The standard InChI is InChI=1S/C26H31F4N7O/c1-25(2,3)37-14-17(13-32-37)24(38)31-11-6-9-22-34-23-20(33-19-10-12-35(4)15-18(19)27)7-5-8-21(23)36(22)16-26(28,29)30/h5,7-8,13-14,18-19,33H,10-12,15-16H2,1-4H3,(H,31,38)/t18-,19+/m0/s1. The molecule has 1 aromatic carbocycles. The second-order valence-electron chi connectivity index (χ2n) is 10.5. The van der Waals surface area contributed by atoms with Gasteiger partial charge in [-0.05, 0) is 52.3 Å². The van der Waals surface area contributed by atoms with Crippen molar-refractivity contribution < 1.29 is 22.4 Å². The molecule has 0 unspecified atom stereocenters. The minimum Gasteiger partial charge on any atom is -0.377 e. The van der Waals surface area contributed by atoms with E-state index in [0.717, 1.165) is 4.57 Å². The van der Waals surface area contributed by atoms with Crippen molar-refractivity contribution in [2.24, 2.45) is 0 Å². The van der Waals surface area contributed by atoms with Gasteiger partial charge in [0, 0.05) is 19.3 Å². The van der Waals surface area contributed by atoms with Crippen molar-refractivity contribution >= 4 is 22.6 Å². The van der Waals surface area contributed by atoms with Gasteiger partial charge < -0.3 is 20.1 Å². The van der Waals surface area contributed by atoms with Crippen LogP contribution < -0.4 is 10.6 Å². The van der Waals surface area contributed by atoms with Gasteiger partial charge in [0.15, 0.2) is 5.82 Å². The van der Waals surface area contributed by atoms with Gasteiger partial charge in [-0.1, -0.05) is 12.0 Å². The smallest absolute Gasteiger partial charge is 0.377 e. The van der Waals surface area contributed by atoms with Crippen LogP contribution in [0.5, 0.6) is 0 Å². The van der Waals surface area contributed by atoms with E-state index in [2.05, 4.69) is 32.6 Å². The fourth-order valence-corrected chi connectivity index (χ4v) is 4.27. The molecule has 12 heteroatoms. The average molecular weight is 534 g/mol. The number of likely N-dealkylation sites (tertiary alicyclic amines) is 1. The number of fused-ring (bicyclic) bond motifs is 1. The van der Waals surface area contributed by atoms with Crippen LogP contribution in [0.2, 0.25) is 0 Å². The first kappa shape index (κ1) is 27.4. The Bertz CT molecular complexity index is 1360. The zero-order valence-corrected chi connectivity index (χ0v) is 21.7. The van der Waals surface area contributed by atoms with Crippen LogP contribution in [0.3, 0.4) is 0 Å². The van der Waals surface area contributed by atoms with E-state index in [9.17, 15) is 22.4 Å². The molecule has 4 rings (SSSR count). The quantitative estimate of drug-likeness (QED) is 0.386. The molecule has 0 bridgehead atoms. The Kier molecular flexibility index (Phi) is 7.69. The normalized spacial score (nSPS) is 18.7. The Hall–Kier alpha value is -3.59. The highest BCUT2D eigenvalue weighted by Gasteiger charge is 2.31. The van der Waals surface area contributed by atoms with E-state index in [0.29, 0.717) is 24.2 Å². The van der Waals surface area contributed by atoms with E-state index < -0.39 is 30.8 Å². The summed E-state index contributed by atoms with van der Waals surface area (Å²) >= 11 is 0. The lowest BCUT2D eigenvalue weighted by Crippen LogP contribution is -2.46. The Balaban J connectivity index is 1.55. The molecular weight excluding hydrogens is 502 g/mol. The fourth-order valence-electron chi connectivity index (χ4n) is 4.27. The molecule has 3 aromatic rings. The molecule has 2 N–H and O–H groups in total. The topological polar surface area (TPSA) is 80.0 Å². The number of nitrogens with zero attached hydrogens (tertiary/aromatic N) is 5. The number of alkyl halides is 4. The van der Waals surface area contributed by atoms with Crippen molar-refractivity contribution in [1.82, 2.24) is 29.5 Å². The third-order valence-electron chi connectivity index (χ3n) is 6.27. The summed E-state index contributed by atoms with van der Waals surface area (Å²) in [5.74, 6) is 4.86. The molecule has 0 radical (unpaired) electrons. The fraction of sp³-hybridized carbons (Fsp3) is 0.500. The number of hydrogen-bond donors (Lipinski definition) is 2. The summed E-state index contributed by atoms with van der Waals surface area (Å²) < 4.78 is 57.5. The van der Waals surface area contributed by atoms with Gasteiger partial charge in [-0.15, -0.1) is 0 Å². The van der Waals surface area contributed by atoms with E-state index in [1.807, 2.05) is 32.7 Å². The number of carbonyl (C=O) groups excluding carboxylic acids is 1. The van der Waals surface area contributed by atoms with Gasteiger partial charge in [0.1, 0.15) is 18.2 Å². The molecule has 1 saturated heterocycles. The summed E-state index contributed by atoms with van der Waals surface area (Å²) in [6, 6.07) is 4.34. The summed E-state index contributed by atoms with van der Waals surface area (Å²) in [5, 5.41) is 9.95. The van der Waals surface area contributed by atoms with Gasteiger partial charge in [-0.25, -0.2) is 9.37 Å². The molecule has 204 valence electrons. The van der Waals surface area contributed by atoms with Crippen molar-refractivity contribution in [3.63, 3.8) is 0 Å². The third-order valence-corrected chi connectivity index (χ3v) is 6.27. The van der Waals surface area contributed by atoms with Gasteiger partial charge in [0.05, 0.1) is 41.1 Å². The molecule has 1 fully saturated rings. The minimum atomic E-state index is -4.51. The van der Waals surface area contributed by atoms with Crippen LogP contribution in [-0.4, -0.2) is 75.2 Å². The highest BCUT2D eigenvalue weighted by Crippen LogP contribution is 2.29. The number of anilines is 1. The Morgan fingerprint density at radius 1 is 1.24 bits per heavy atom. The summed E-state index contributed by atoms with van der Waals surface area (Å²) in [6.07, 6.45) is -2.02. The number of hydrogen-bond acceptors (Lipinski definition) is 5. The SMILES string of the molecule is CN1CC[C@@H](Nc2cccc3c2nc(C#CCNC(=O)c2cnn(C(C)(C)C)c2)n3CC(F)(F)F)[C@@H](F)C1. The van der Waals surface area contributed by atoms with Crippen LogP contribution in [0.4, 0.5) is 23.2 Å². The molecule has 1 aliphatic rings. The van der Waals surface area contributed by atoms with Crippen LogP contribution in [0.1, 0.15) is 43.4 Å². The van der Waals surface area contributed by atoms with Crippen molar-refractivity contribution in [2.45, 2.75) is 57.7 Å². The number of imidazole rings is 1. The van der Waals surface area contributed by atoms with Gasteiger partial charge in [0.25, 0.3) is 5.91 Å². The second kappa shape index (κ2) is 10.6. The lowest BCUT2D eigenvalue weighted by Gasteiger charge is -2.33. The van der Waals surface area contributed by atoms with E-state index in [1.54, 1.807) is 23.0 Å². The average Bonchev–Trinajstić information content (AvgIpc) is 3.44. The van der Waals surface area contributed by atoms with Crippen LogP contribution in [0.15, 0.2) is 30.6 Å². The predicted molar refractivity (Wildman–Crippen MR) is 137 cm³/mol. The largest absolute Gasteiger partial charge is 0.406 e. The molecule has 0 aliphatic carbocycles. The lowest BCUT2D eigenvalue weighted by atomic mass is 10.0. The molecule has 1 aliphatic heterocycles. The van der Waals surface area contributed by atoms with Crippen LogP contribution in [0, 0.1) is 11.8 Å². The van der Waals surface area contributed by atoms with Gasteiger partial charge in [0.2, 0.25) is 0 Å². The first-order chi connectivity index (χ1) is 17.8. The maximum atomic E-state index is 14.6. The first-order valence-electron chi connectivity index (χ1n) is 12.3. The first-order valence-corrected chi connectivity index (χ1v) is 12.3. The van der Waals surface area contributed by atoms with Crippen molar-refractivity contribution in [3.8, 4) is 11.8 Å². The number of amides is 1. The molecular formula is C26H31F4N7O. The van der Waals surface area contributed by atoms with Crippen LogP contribution >= 0.6 is 0 Å². The maximum absolute atomic E-state index is 14.6. The van der Waals surface area contributed by atoms with Gasteiger partial charge in [-0.2, -0.15) is 18.3 Å². The highest BCUT2D eigenvalue weighted by atomic mass is 19.4. The molecule has 3 heterocycles. The molecule has 2 atom stereocenters. The van der Waals surface area contributed by atoms with Crippen molar-refractivity contribution in [3.05, 3.63) is 42.0 Å². The molecule has 0 saturated carbocycles. The summed E-state index contributed by atoms with van der Waals surface area (Å²) in [7, 11) is 1.84. The minimum absolute atomic E-state index is 0.0958. The molecule has 8 nitrogen and oxygen atoms in total. The zero-order chi connectivity index (χ0) is 27.7. The number of piperidine rings is 1. The highest BCUT2D eigenvalue weighted by molar-refractivity contribution is 5.94. The van der Waals surface area contributed by atoms with Crippen molar-refractivity contribution in [1.29, 1.82) is 0 Å². The molecule has 0 spiro atoms. The monoisotopic (exact) mass is 533 g/mol. The van der Waals surface area contributed by atoms with E-state index in [1.165, 1.54) is 12.3 Å². The van der Waals surface area contributed by atoms with E-state index in [-0.39, 0.29) is 35.5 Å². The van der Waals surface area contributed by atoms with Gasteiger partial charge in [-0.3, -0.25) is 9.48 Å². The maximum Gasteiger partial charge on any atom is 0.406 e. The predicted octanol–water partition coefficient (Wildman–Crippen LogP) is 3.79. The van der Waals surface area contributed by atoms with E-state index >= 15 is 0 Å². The number of aromatic nitrogens is 4. The van der Waals surface area contributed by atoms with Crippen molar-refractivity contribution in [2.75, 3.05) is 32.0 Å². The zero-order valence-electron chi connectivity index (χ0n) is 21.7. The molecule has 2 aromatic heterocycles. The number of para-hydroxylation sites is 1. The number of carbonyl (C=O) groups is 1. The number of halogens is 4. The third kappa shape index (κ3) is 6.45. The van der Waals surface area contributed by atoms with Crippen LogP contribution in [-0.2, 0) is 12.1 Å². The van der Waals surface area contributed by atoms with Crippen LogP contribution in [0.25, 0.3) is 11.0 Å².